The lowest BCUT2D eigenvalue weighted by atomic mass is 10.1. The molecule has 0 unspecified atom stereocenters. The first kappa shape index (κ1) is 7.92. The van der Waals surface area contributed by atoms with Crippen LogP contribution in [0.4, 0.5) is 0 Å². The summed E-state index contributed by atoms with van der Waals surface area (Å²) in [6.45, 7) is 1.87. The van der Waals surface area contributed by atoms with Gasteiger partial charge in [0.05, 0.1) is 5.52 Å². The van der Waals surface area contributed by atoms with Gasteiger partial charge in [-0.3, -0.25) is 9.78 Å². The Balaban J connectivity index is 2.89. The van der Waals surface area contributed by atoms with Gasteiger partial charge in [0.1, 0.15) is 0 Å². The quantitative estimate of drug-likeness (QED) is 0.655. The smallest absolute Gasteiger partial charge is 0.234 e. The monoisotopic (exact) mass is 170 g/mol. The van der Waals surface area contributed by atoms with E-state index in [0.29, 0.717) is 5.56 Å². The molecule has 1 aromatic carbocycles. The summed E-state index contributed by atoms with van der Waals surface area (Å²) < 4.78 is 0. The maximum atomic E-state index is 10.6. The minimum Gasteiger partial charge on any atom is -0.285 e. The van der Waals surface area contributed by atoms with Gasteiger partial charge >= 0.3 is 0 Å². The lowest BCUT2D eigenvalue weighted by molar-refractivity contribution is 0.563. The first-order valence-electron chi connectivity index (χ1n) is 4.06. The topological polar surface area (TPSA) is 30.0 Å². The summed E-state index contributed by atoms with van der Waals surface area (Å²) in [7, 11) is 0. The molecule has 0 fully saturated rings. The van der Waals surface area contributed by atoms with Crippen molar-refractivity contribution >= 4 is 17.2 Å². The normalized spacial score (nSPS) is 10.2. The molecule has 0 N–H and O–H groups in total. The maximum absolute atomic E-state index is 10.6. The molecule has 1 aromatic heterocycles. The van der Waals surface area contributed by atoms with Crippen molar-refractivity contribution in [3.8, 4) is 0 Å². The van der Waals surface area contributed by atoms with E-state index in [1.54, 1.807) is 6.07 Å². The van der Waals surface area contributed by atoms with Crippen molar-refractivity contribution in [2.24, 2.45) is 0 Å². The number of para-hydroxylation sites is 1. The van der Waals surface area contributed by atoms with E-state index in [-0.39, 0.29) is 0 Å². The number of rotatable bonds is 1. The third-order valence-corrected chi connectivity index (χ3v) is 1.95. The minimum atomic E-state index is 0.586. The Hall–Kier alpha value is -1.70. The molecule has 0 saturated heterocycles. The van der Waals surface area contributed by atoms with Gasteiger partial charge in [-0.1, -0.05) is 18.2 Å². The highest BCUT2D eigenvalue weighted by Crippen LogP contribution is 2.15. The average molecular weight is 170 g/mol. The van der Waals surface area contributed by atoms with Gasteiger partial charge in [0.15, 0.2) is 0 Å². The largest absolute Gasteiger partial charge is 0.285 e. The summed E-state index contributed by atoms with van der Waals surface area (Å²) in [5, 5.41) is 0.864. The van der Waals surface area contributed by atoms with E-state index < -0.39 is 0 Å². The van der Waals surface area contributed by atoms with Gasteiger partial charge in [-0.05, 0) is 19.1 Å². The number of aryl methyl sites for hydroxylation is 1. The molecule has 13 heavy (non-hydrogen) atoms. The Kier molecular flexibility index (Phi) is 1.81. The van der Waals surface area contributed by atoms with Crippen molar-refractivity contribution in [2.75, 3.05) is 0 Å². The molecule has 2 nitrogen and oxygen atoms in total. The van der Waals surface area contributed by atoms with Gasteiger partial charge in [0.25, 0.3) is 0 Å². The Bertz CT molecular complexity index is 463. The van der Waals surface area contributed by atoms with Crippen molar-refractivity contribution in [3.05, 3.63) is 41.6 Å². The Morgan fingerprint density at radius 2 is 2.08 bits per heavy atom. The van der Waals surface area contributed by atoms with Gasteiger partial charge < -0.3 is 0 Å². The third kappa shape index (κ3) is 1.31. The highest BCUT2D eigenvalue weighted by molar-refractivity contribution is 5.96. The van der Waals surface area contributed by atoms with Crippen LogP contribution in [0.25, 0.3) is 10.9 Å². The van der Waals surface area contributed by atoms with E-state index in [9.17, 15) is 4.79 Å². The van der Waals surface area contributed by atoms with Crippen molar-refractivity contribution in [1.29, 1.82) is 0 Å². The van der Waals surface area contributed by atoms with Crippen LogP contribution in [0.5, 0.6) is 0 Å². The van der Waals surface area contributed by atoms with Gasteiger partial charge in [0.2, 0.25) is 6.29 Å². The van der Waals surface area contributed by atoms with Crippen LogP contribution in [0.15, 0.2) is 30.3 Å². The molecule has 0 bridgehead atoms. The summed E-state index contributed by atoms with van der Waals surface area (Å²) in [4.78, 5) is 14.9. The van der Waals surface area contributed by atoms with Crippen molar-refractivity contribution in [3.63, 3.8) is 0 Å². The van der Waals surface area contributed by atoms with Crippen LogP contribution in [-0.2, 0) is 4.79 Å². The summed E-state index contributed by atoms with van der Waals surface area (Å²) in [5.74, 6) is 0. The number of hydrogen-bond donors (Lipinski definition) is 0. The molecule has 0 aliphatic heterocycles. The molecule has 1 radical (unpaired) electrons. The van der Waals surface area contributed by atoms with E-state index in [4.69, 9.17) is 0 Å². The van der Waals surface area contributed by atoms with Crippen LogP contribution in [0, 0.1) is 6.92 Å². The van der Waals surface area contributed by atoms with E-state index in [2.05, 4.69) is 4.98 Å². The SMILES string of the molecule is Cc1cc([C]=O)c2ccccc2n1. The number of benzene rings is 1. The number of hydrogen-bond acceptors (Lipinski definition) is 2. The predicted molar refractivity (Wildman–Crippen MR) is 51.3 cm³/mol. The molecule has 0 spiro atoms. The van der Waals surface area contributed by atoms with Crippen LogP contribution in [-0.4, -0.2) is 11.3 Å². The molecular formula is C11H8NO. The van der Waals surface area contributed by atoms with Crippen LogP contribution in [0.2, 0.25) is 0 Å². The van der Waals surface area contributed by atoms with Crippen molar-refractivity contribution in [2.45, 2.75) is 6.92 Å². The zero-order chi connectivity index (χ0) is 9.26. The van der Waals surface area contributed by atoms with Gasteiger partial charge in [-0.25, -0.2) is 0 Å². The maximum Gasteiger partial charge on any atom is 0.234 e. The lowest BCUT2D eigenvalue weighted by Crippen LogP contribution is -1.89. The van der Waals surface area contributed by atoms with Crippen LogP contribution >= 0.6 is 0 Å². The number of aromatic nitrogens is 1. The van der Waals surface area contributed by atoms with Crippen LogP contribution < -0.4 is 0 Å². The average Bonchev–Trinajstić information content (AvgIpc) is 2.16. The van der Waals surface area contributed by atoms with E-state index in [1.807, 2.05) is 37.5 Å². The van der Waals surface area contributed by atoms with E-state index in [0.717, 1.165) is 16.6 Å². The second kappa shape index (κ2) is 2.98. The number of fused-ring (bicyclic) bond motifs is 1. The standard InChI is InChI=1S/C11H8NO/c1-8-6-9(7-13)10-4-2-3-5-11(10)12-8/h2-6H,1H3. The fourth-order valence-electron chi connectivity index (χ4n) is 1.39. The molecule has 0 aliphatic rings. The fourth-order valence-corrected chi connectivity index (χ4v) is 1.39. The first-order valence-corrected chi connectivity index (χ1v) is 4.06. The molecule has 1 heterocycles. The fraction of sp³-hybridized carbons (Fsp3) is 0.0909. The summed E-state index contributed by atoms with van der Waals surface area (Å²) in [5.41, 5.74) is 2.28. The highest BCUT2D eigenvalue weighted by Gasteiger charge is 2.01. The minimum absolute atomic E-state index is 0.586. The molecule has 0 saturated carbocycles. The molecule has 2 rings (SSSR count). The molecular weight excluding hydrogens is 162 g/mol. The van der Waals surface area contributed by atoms with Gasteiger partial charge in [0, 0.05) is 16.6 Å². The second-order valence-corrected chi connectivity index (χ2v) is 2.93. The van der Waals surface area contributed by atoms with Gasteiger partial charge in [-0.2, -0.15) is 0 Å². The molecule has 0 amide bonds. The Morgan fingerprint density at radius 1 is 1.31 bits per heavy atom. The van der Waals surface area contributed by atoms with Crippen LogP contribution in [0.1, 0.15) is 11.3 Å². The van der Waals surface area contributed by atoms with E-state index >= 15 is 0 Å². The molecule has 0 aliphatic carbocycles. The zero-order valence-electron chi connectivity index (χ0n) is 7.24. The second-order valence-electron chi connectivity index (χ2n) is 2.93. The Labute approximate surface area is 76.2 Å². The summed E-state index contributed by atoms with van der Waals surface area (Å²) in [6, 6.07) is 9.31. The number of pyridine rings is 1. The van der Waals surface area contributed by atoms with E-state index in [1.165, 1.54) is 0 Å². The molecule has 0 atom stereocenters. The zero-order valence-corrected chi connectivity index (χ0v) is 7.24. The number of carbonyl (C=O) groups excluding carboxylic acids is 1. The molecule has 63 valence electrons. The molecule has 2 heteroatoms. The van der Waals surface area contributed by atoms with Crippen molar-refractivity contribution < 1.29 is 4.79 Å². The first-order chi connectivity index (χ1) is 6.31. The molecule has 2 aromatic rings. The number of nitrogens with zero attached hydrogens (tertiary/aromatic N) is 1. The highest BCUT2D eigenvalue weighted by atomic mass is 16.1. The Morgan fingerprint density at radius 3 is 2.85 bits per heavy atom. The third-order valence-electron chi connectivity index (χ3n) is 1.95. The summed E-state index contributed by atoms with van der Waals surface area (Å²) in [6.07, 6.45) is 1.92. The lowest BCUT2D eigenvalue weighted by Gasteiger charge is -2.00. The predicted octanol–water partition coefficient (Wildman–Crippen LogP) is 2.00. The van der Waals surface area contributed by atoms with Gasteiger partial charge in [-0.15, -0.1) is 0 Å². The summed E-state index contributed by atoms with van der Waals surface area (Å²) >= 11 is 0. The van der Waals surface area contributed by atoms with Crippen molar-refractivity contribution in [1.82, 2.24) is 4.98 Å². The van der Waals surface area contributed by atoms with Crippen LogP contribution in [0.3, 0.4) is 0 Å².